The van der Waals surface area contributed by atoms with Crippen molar-refractivity contribution in [3.63, 3.8) is 0 Å². The number of halogens is 24. The number of benzene rings is 4. The summed E-state index contributed by atoms with van der Waals surface area (Å²) < 4.78 is 341. The molecule has 409 valence electrons. The molecule has 2 aliphatic rings. The van der Waals surface area contributed by atoms with Crippen LogP contribution < -0.4 is 21.9 Å². The van der Waals surface area contributed by atoms with Crippen LogP contribution in [0, 0.1) is 0 Å². The Labute approximate surface area is 418 Å². The smallest absolute Gasteiger partial charge is 0.194 e. The molecule has 4 aromatic carbocycles. The van der Waals surface area contributed by atoms with Crippen LogP contribution in [-0.2, 0) is 68.9 Å². The number of alkyl halides is 24. The maximum absolute atomic E-state index is 14.2. The zero-order valence-electron chi connectivity index (χ0n) is 37.2. The van der Waals surface area contributed by atoms with Crippen LogP contribution >= 0.6 is 0 Å². The van der Waals surface area contributed by atoms with Gasteiger partial charge in [-0.1, -0.05) is 97.1 Å². The summed E-state index contributed by atoms with van der Waals surface area (Å²) in [6.07, 6.45) is -26.8. The first-order chi connectivity index (χ1) is 33.3. The van der Waals surface area contributed by atoms with Crippen LogP contribution in [0.4, 0.5) is 105 Å². The Bertz CT molecular complexity index is 2110. The molecule has 26 heteroatoms. The molecule has 0 bridgehead atoms. The minimum atomic E-state index is -6.13. The maximum atomic E-state index is 14.2. The van der Waals surface area contributed by atoms with Crippen molar-refractivity contribution >= 4 is 28.0 Å². The molecule has 0 fully saturated rings. The van der Waals surface area contributed by atoms with Crippen LogP contribution in [0.5, 0.6) is 0 Å². The van der Waals surface area contributed by atoms with E-state index in [2.05, 4.69) is 48.6 Å². The summed E-state index contributed by atoms with van der Waals surface area (Å²) in [4.78, 5) is 0. The standard InChI is InChI=1S/C32H12BF24.2C8H12.Rh/c34-25(35,36)13-1-14(26(37,38)39)6-21(5-13)33(22-7-15(27(40,41)42)2-16(8-22)28(43,44)45,23-9-17(29(46,47)48)3-18(10-23)30(49,50)51)24-11-19(31(52,53)54)4-20(12-24)32(55,56)57;2*1-2-4-6-8-7-5-3-1;/h1-12H;2*1-2,7-8H,3-6H2;/q-1;;;/b;2*2-1-,8-7-;. The first-order valence-electron chi connectivity index (χ1n) is 21.2. The van der Waals surface area contributed by atoms with Gasteiger partial charge in [0.05, 0.1) is 44.5 Å². The van der Waals surface area contributed by atoms with Crippen molar-refractivity contribution in [1.82, 2.24) is 0 Å². The normalized spacial score (nSPS) is 17.1. The Hall–Kier alpha value is -5.15. The van der Waals surface area contributed by atoms with Crippen LogP contribution in [0.15, 0.2) is 121 Å². The van der Waals surface area contributed by atoms with Crippen molar-refractivity contribution in [3.05, 3.63) is 166 Å². The fourth-order valence-corrected chi connectivity index (χ4v) is 7.78. The minimum absolute atomic E-state index is 0. The van der Waals surface area contributed by atoms with E-state index in [-0.39, 0.29) is 19.5 Å². The molecule has 1 radical (unpaired) electrons. The molecule has 0 nitrogen and oxygen atoms in total. The van der Waals surface area contributed by atoms with Crippen LogP contribution in [0.2, 0.25) is 0 Å². The fraction of sp³-hybridized carbons (Fsp3) is 0.333. The van der Waals surface area contributed by atoms with Gasteiger partial charge in [-0.2, -0.15) is 127 Å². The third kappa shape index (κ3) is 16.9. The molecular formula is C48H36BF24Rh-. The van der Waals surface area contributed by atoms with Gasteiger partial charge in [-0.3, -0.25) is 0 Å². The Kier molecular flexibility index (Phi) is 20.3. The Morgan fingerprint density at radius 3 is 0.405 bits per heavy atom. The van der Waals surface area contributed by atoms with Gasteiger partial charge in [-0.25, -0.2) is 0 Å². The van der Waals surface area contributed by atoms with E-state index in [1.165, 1.54) is 51.4 Å². The topological polar surface area (TPSA) is 0 Å². The average molecular weight is 1180 g/mol. The second-order valence-corrected chi connectivity index (χ2v) is 16.4. The minimum Gasteiger partial charge on any atom is -0.194 e. The number of rotatable bonds is 4. The predicted molar refractivity (Wildman–Crippen MR) is 224 cm³/mol. The van der Waals surface area contributed by atoms with Gasteiger partial charge in [0.15, 0.2) is 0 Å². The number of allylic oxidation sites excluding steroid dienone is 8. The Morgan fingerprint density at radius 2 is 0.311 bits per heavy atom. The zero-order valence-corrected chi connectivity index (χ0v) is 38.8. The van der Waals surface area contributed by atoms with Gasteiger partial charge >= 0.3 is 49.4 Å². The third-order valence-electron chi connectivity index (χ3n) is 11.1. The molecule has 0 atom stereocenters. The van der Waals surface area contributed by atoms with Gasteiger partial charge in [0.25, 0.3) is 0 Å². The van der Waals surface area contributed by atoms with Crippen LogP contribution in [0.25, 0.3) is 0 Å². The van der Waals surface area contributed by atoms with E-state index in [4.69, 9.17) is 0 Å². The molecule has 6 rings (SSSR count). The number of hydrogen-bond donors (Lipinski definition) is 0. The molecule has 0 aliphatic heterocycles. The average Bonchev–Trinajstić information content (AvgIpc) is 3.21. The summed E-state index contributed by atoms with van der Waals surface area (Å²) >= 11 is 0. The molecule has 74 heavy (non-hydrogen) atoms. The van der Waals surface area contributed by atoms with Gasteiger partial charge in [-0.15, -0.1) is 0 Å². The Balaban J connectivity index is 0.000000717. The zero-order chi connectivity index (χ0) is 55.2. The molecule has 0 aromatic heterocycles. The molecule has 0 spiro atoms. The molecule has 0 saturated carbocycles. The summed E-state index contributed by atoms with van der Waals surface area (Å²) in [6.45, 7) is 0. The van der Waals surface area contributed by atoms with E-state index in [1.807, 2.05) is 0 Å². The van der Waals surface area contributed by atoms with Gasteiger partial charge in [-0.05, 0) is 75.6 Å². The molecule has 2 aliphatic carbocycles. The quantitative estimate of drug-likeness (QED) is 0.109. The SMILES string of the molecule is C1=C\CC/C=C\CC/1.C1=C\CC/C=C\CC/1.FC(F)(F)c1cc([B-](c2cc(C(F)(F)F)cc(C(F)(F)F)c2)(c2cc(C(F)(F)F)cc(C(F)(F)F)c2)c2cc(C(F)(F)F)cc(C(F)(F)F)c2)cc(C(F)(F)F)c1.[Rh]. The van der Waals surface area contributed by atoms with Crippen molar-refractivity contribution in [3.8, 4) is 0 Å². The van der Waals surface area contributed by atoms with E-state index in [0.29, 0.717) is 0 Å². The van der Waals surface area contributed by atoms with Gasteiger partial charge in [0, 0.05) is 19.5 Å². The van der Waals surface area contributed by atoms with Crippen LogP contribution in [0.3, 0.4) is 0 Å². The molecule has 0 N–H and O–H groups in total. The predicted octanol–water partition coefficient (Wildman–Crippen LogP) is 16.6. The van der Waals surface area contributed by atoms with Gasteiger partial charge < -0.3 is 0 Å². The summed E-state index contributed by atoms with van der Waals surface area (Å²) in [6, 6.07) is -8.81. The molecule has 0 saturated heterocycles. The van der Waals surface area contributed by atoms with Crippen molar-refractivity contribution in [1.29, 1.82) is 0 Å². The van der Waals surface area contributed by atoms with Crippen molar-refractivity contribution < 1.29 is 125 Å². The van der Waals surface area contributed by atoms with Crippen LogP contribution in [-0.4, -0.2) is 6.15 Å². The summed E-state index contributed by atoms with van der Waals surface area (Å²) in [5.74, 6) is 0. The molecule has 0 amide bonds. The van der Waals surface area contributed by atoms with Gasteiger partial charge in [0.2, 0.25) is 0 Å². The van der Waals surface area contributed by atoms with Crippen LogP contribution in [0.1, 0.15) is 95.9 Å². The first kappa shape index (κ1) is 63.1. The molecule has 0 heterocycles. The first-order valence-corrected chi connectivity index (χ1v) is 21.2. The van der Waals surface area contributed by atoms with Crippen molar-refractivity contribution in [2.24, 2.45) is 0 Å². The molecular weight excluding hydrogens is 1150 g/mol. The van der Waals surface area contributed by atoms with E-state index in [1.54, 1.807) is 0 Å². The molecule has 4 aromatic rings. The van der Waals surface area contributed by atoms with E-state index >= 15 is 0 Å². The monoisotopic (exact) mass is 1180 g/mol. The summed E-state index contributed by atoms with van der Waals surface area (Å²) in [5.41, 5.74) is -30.2. The van der Waals surface area contributed by atoms with E-state index in [0.717, 1.165) is 0 Å². The third-order valence-corrected chi connectivity index (χ3v) is 11.1. The summed E-state index contributed by atoms with van der Waals surface area (Å²) in [7, 11) is 0. The second kappa shape index (κ2) is 23.8. The Morgan fingerprint density at radius 1 is 0.203 bits per heavy atom. The van der Waals surface area contributed by atoms with Crippen molar-refractivity contribution in [2.45, 2.75) is 101 Å². The molecule has 0 unspecified atom stereocenters. The number of hydrogen-bond acceptors (Lipinski definition) is 0. The summed E-state index contributed by atoms with van der Waals surface area (Å²) in [5, 5.41) is 0. The largest absolute Gasteiger partial charge is 0.416 e. The second-order valence-electron chi connectivity index (χ2n) is 16.4. The van der Waals surface area contributed by atoms with Gasteiger partial charge in [0.1, 0.15) is 6.15 Å². The fourth-order valence-electron chi connectivity index (χ4n) is 7.78. The van der Waals surface area contributed by atoms with E-state index < -0.39 is 195 Å². The van der Waals surface area contributed by atoms with E-state index in [9.17, 15) is 105 Å². The maximum Gasteiger partial charge on any atom is 0.416 e. The van der Waals surface area contributed by atoms with Crippen molar-refractivity contribution in [2.75, 3.05) is 0 Å².